The van der Waals surface area contributed by atoms with Crippen molar-refractivity contribution in [3.8, 4) is 11.5 Å². The minimum Gasteiger partial charge on any atom is -0.490 e. The van der Waals surface area contributed by atoms with Gasteiger partial charge < -0.3 is 9.47 Å². The molecule has 0 N–H and O–H groups in total. The van der Waals surface area contributed by atoms with Gasteiger partial charge >= 0.3 is 5.97 Å². The number of nitro benzene ring substituents is 1. The number of nitro groups is 1. The second-order valence-electron chi connectivity index (χ2n) is 7.59. The molecule has 0 radical (unpaired) electrons. The lowest BCUT2D eigenvalue weighted by Crippen LogP contribution is -2.22. The Kier molecular flexibility index (Phi) is 7.15. The Balaban J connectivity index is 1.61. The number of hydrogen-bond acceptors (Lipinski definition) is 8. The van der Waals surface area contributed by atoms with Crippen molar-refractivity contribution in [3.05, 3.63) is 104 Å². The van der Waals surface area contributed by atoms with Crippen LogP contribution in [-0.4, -0.2) is 33.4 Å². The van der Waals surface area contributed by atoms with Gasteiger partial charge in [-0.05, 0) is 55.0 Å². The highest BCUT2D eigenvalue weighted by Crippen LogP contribution is 2.29. The number of rotatable bonds is 8. The number of para-hydroxylation sites is 1. The molecule has 36 heavy (non-hydrogen) atoms. The molecule has 4 rings (SSSR count). The van der Waals surface area contributed by atoms with E-state index in [1.54, 1.807) is 43.3 Å². The maximum Gasteiger partial charge on any atom is 0.343 e. The normalized spacial score (nSPS) is 11.1. The van der Waals surface area contributed by atoms with Gasteiger partial charge in [-0.2, -0.15) is 9.78 Å². The van der Waals surface area contributed by atoms with Crippen molar-refractivity contribution in [1.29, 1.82) is 0 Å². The minimum atomic E-state index is -0.686. The zero-order valence-corrected chi connectivity index (χ0v) is 19.6. The van der Waals surface area contributed by atoms with Crippen LogP contribution in [0.1, 0.15) is 35.6 Å². The summed E-state index contributed by atoms with van der Waals surface area (Å²) in [6, 6.07) is 17.0. The number of non-ortho nitro benzene ring substituents is 1. The number of carbonyl (C=O) groups excluding carboxylic acids is 1. The van der Waals surface area contributed by atoms with Crippen molar-refractivity contribution in [2.75, 3.05) is 6.61 Å². The maximum absolute atomic E-state index is 13.0. The maximum atomic E-state index is 13.0. The fraction of sp³-hybridized carbons (Fsp3) is 0.154. The van der Waals surface area contributed by atoms with Crippen LogP contribution in [0.15, 0.2) is 76.6 Å². The van der Waals surface area contributed by atoms with E-state index in [1.807, 2.05) is 13.0 Å². The number of aryl methyl sites for hydroxylation is 1. The van der Waals surface area contributed by atoms with Crippen LogP contribution < -0.4 is 15.0 Å². The van der Waals surface area contributed by atoms with Crippen LogP contribution >= 0.6 is 0 Å². The smallest absolute Gasteiger partial charge is 0.343 e. The molecule has 0 amide bonds. The molecule has 0 saturated heterocycles. The Morgan fingerprint density at radius 3 is 2.53 bits per heavy atom. The largest absolute Gasteiger partial charge is 0.490 e. The first-order valence-corrected chi connectivity index (χ1v) is 11.2. The number of ether oxygens (including phenoxy) is 2. The molecule has 10 nitrogen and oxygen atoms in total. The Hall–Kier alpha value is -4.86. The van der Waals surface area contributed by atoms with Crippen molar-refractivity contribution in [1.82, 2.24) is 9.66 Å². The number of nitrogens with zero attached hydrogens (tertiary/aromatic N) is 4. The first kappa shape index (κ1) is 24.3. The monoisotopic (exact) mass is 486 g/mol. The lowest BCUT2D eigenvalue weighted by Gasteiger charge is -2.11. The summed E-state index contributed by atoms with van der Waals surface area (Å²) in [6.45, 7) is 4.00. The predicted octanol–water partition coefficient (Wildman–Crippen LogP) is 4.37. The van der Waals surface area contributed by atoms with Gasteiger partial charge in [0.25, 0.3) is 11.2 Å². The minimum absolute atomic E-state index is 0.128. The molecule has 0 atom stereocenters. The van der Waals surface area contributed by atoms with E-state index < -0.39 is 10.9 Å². The molecule has 4 aromatic rings. The third-order valence-electron chi connectivity index (χ3n) is 5.24. The van der Waals surface area contributed by atoms with Crippen LogP contribution in [0, 0.1) is 10.1 Å². The third kappa shape index (κ3) is 5.12. The van der Waals surface area contributed by atoms with Gasteiger partial charge in [-0.15, -0.1) is 0 Å². The molecular weight excluding hydrogens is 464 g/mol. The summed E-state index contributed by atoms with van der Waals surface area (Å²) >= 11 is 0. The van der Waals surface area contributed by atoms with Crippen molar-refractivity contribution in [2.24, 2.45) is 5.10 Å². The van der Waals surface area contributed by atoms with Crippen LogP contribution in [0.5, 0.6) is 11.5 Å². The van der Waals surface area contributed by atoms with Gasteiger partial charge in [-0.3, -0.25) is 14.9 Å². The fourth-order valence-electron chi connectivity index (χ4n) is 3.48. The summed E-state index contributed by atoms with van der Waals surface area (Å²) in [5.74, 6) is 0.315. The van der Waals surface area contributed by atoms with Crippen LogP contribution in [0.4, 0.5) is 5.69 Å². The highest BCUT2D eigenvalue weighted by atomic mass is 16.6. The number of fused-ring (bicyclic) bond motifs is 1. The molecule has 0 unspecified atom stereocenters. The molecule has 0 aliphatic rings. The van der Waals surface area contributed by atoms with Gasteiger partial charge in [0, 0.05) is 18.6 Å². The number of hydrogen-bond donors (Lipinski definition) is 0. The van der Waals surface area contributed by atoms with E-state index in [4.69, 9.17) is 9.47 Å². The zero-order chi connectivity index (χ0) is 25.7. The lowest BCUT2D eigenvalue weighted by atomic mass is 10.2. The predicted molar refractivity (Wildman–Crippen MR) is 134 cm³/mol. The molecule has 1 heterocycles. The number of carbonyl (C=O) groups is 1. The summed E-state index contributed by atoms with van der Waals surface area (Å²) in [5.41, 5.74) is 0.979. The summed E-state index contributed by atoms with van der Waals surface area (Å²) < 4.78 is 12.4. The average molecular weight is 486 g/mol. The Morgan fingerprint density at radius 2 is 1.83 bits per heavy atom. The Labute approximate surface area is 205 Å². The van der Waals surface area contributed by atoms with Crippen LogP contribution in [0.25, 0.3) is 10.9 Å². The second kappa shape index (κ2) is 10.6. The van der Waals surface area contributed by atoms with Crippen LogP contribution in [0.3, 0.4) is 0 Å². The zero-order valence-electron chi connectivity index (χ0n) is 19.6. The van der Waals surface area contributed by atoms with Crippen LogP contribution in [0.2, 0.25) is 0 Å². The summed E-state index contributed by atoms with van der Waals surface area (Å²) in [6.07, 6.45) is 2.01. The van der Waals surface area contributed by atoms with Gasteiger partial charge in [0.1, 0.15) is 5.82 Å². The molecule has 1 aromatic heterocycles. The fourth-order valence-corrected chi connectivity index (χ4v) is 3.48. The standard InChI is InChI=1S/C26H22N4O6/c1-3-24-28-21-8-6-5-7-20(21)25(31)29(24)27-16-17-9-14-22(23(15-17)35-4-2)36-26(32)18-10-12-19(13-11-18)30(33)34/h5-16H,3-4H2,1-2H3. The molecule has 0 aliphatic carbocycles. The van der Waals surface area contributed by atoms with Crippen molar-refractivity contribution in [2.45, 2.75) is 20.3 Å². The first-order valence-electron chi connectivity index (χ1n) is 11.2. The third-order valence-corrected chi connectivity index (χ3v) is 5.24. The Bertz CT molecular complexity index is 1530. The highest BCUT2D eigenvalue weighted by Gasteiger charge is 2.15. The van der Waals surface area contributed by atoms with E-state index in [0.29, 0.717) is 41.1 Å². The SMILES string of the molecule is CCOc1cc(C=Nn2c(CC)nc3ccccc3c2=O)ccc1OC(=O)c1ccc([N+](=O)[O-])cc1. The number of esters is 1. The van der Waals surface area contributed by atoms with Crippen molar-refractivity contribution >= 4 is 28.8 Å². The van der Waals surface area contributed by atoms with E-state index in [0.717, 1.165) is 0 Å². The van der Waals surface area contributed by atoms with Crippen molar-refractivity contribution in [3.63, 3.8) is 0 Å². The van der Waals surface area contributed by atoms with Gasteiger partial charge in [0.05, 0.1) is 34.2 Å². The van der Waals surface area contributed by atoms with Crippen LogP contribution in [-0.2, 0) is 6.42 Å². The molecule has 0 aliphatic heterocycles. The van der Waals surface area contributed by atoms with Gasteiger partial charge in [-0.25, -0.2) is 9.78 Å². The van der Waals surface area contributed by atoms with Crippen molar-refractivity contribution < 1.29 is 19.2 Å². The molecule has 10 heteroatoms. The molecule has 3 aromatic carbocycles. The summed E-state index contributed by atoms with van der Waals surface area (Å²) in [4.78, 5) is 40.3. The quantitative estimate of drug-likeness (QED) is 0.119. The van der Waals surface area contributed by atoms with E-state index in [2.05, 4.69) is 10.1 Å². The second-order valence-corrected chi connectivity index (χ2v) is 7.59. The van der Waals surface area contributed by atoms with Gasteiger partial charge in [0.2, 0.25) is 0 Å². The summed E-state index contributed by atoms with van der Waals surface area (Å²) in [7, 11) is 0. The number of benzene rings is 3. The molecule has 0 spiro atoms. The molecule has 0 saturated carbocycles. The van der Waals surface area contributed by atoms with Gasteiger partial charge in [0.15, 0.2) is 11.5 Å². The van der Waals surface area contributed by atoms with E-state index in [1.165, 1.54) is 35.2 Å². The van der Waals surface area contributed by atoms with E-state index in [-0.39, 0.29) is 22.6 Å². The lowest BCUT2D eigenvalue weighted by molar-refractivity contribution is -0.384. The molecule has 0 fully saturated rings. The Morgan fingerprint density at radius 1 is 1.08 bits per heavy atom. The molecule has 0 bridgehead atoms. The highest BCUT2D eigenvalue weighted by molar-refractivity contribution is 5.92. The average Bonchev–Trinajstić information content (AvgIpc) is 2.89. The number of aromatic nitrogens is 2. The van der Waals surface area contributed by atoms with E-state index >= 15 is 0 Å². The topological polar surface area (TPSA) is 126 Å². The first-order chi connectivity index (χ1) is 17.4. The summed E-state index contributed by atoms with van der Waals surface area (Å²) in [5, 5.41) is 15.6. The van der Waals surface area contributed by atoms with E-state index in [9.17, 15) is 19.7 Å². The molecular formula is C26H22N4O6. The molecule has 182 valence electrons. The van der Waals surface area contributed by atoms with Gasteiger partial charge in [-0.1, -0.05) is 19.1 Å².